The van der Waals surface area contributed by atoms with Crippen LogP contribution in [0, 0.1) is 12.8 Å². The van der Waals surface area contributed by atoms with Crippen molar-refractivity contribution in [3.63, 3.8) is 0 Å². The number of rotatable bonds is 3. The van der Waals surface area contributed by atoms with E-state index in [2.05, 4.69) is 52.9 Å². The molecule has 1 aromatic carbocycles. The molecule has 1 aliphatic rings. The summed E-state index contributed by atoms with van der Waals surface area (Å²) < 4.78 is 1.70. The van der Waals surface area contributed by atoms with E-state index in [-0.39, 0.29) is 0 Å². The number of nitrogens with one attached hydrogen (secondary N) is 1. The first-order valence-corrected chi connectivity index (χ1v) is 7.83. The molecule has 1 heterocycles. The molecule has 5 heteroatoms. The largest absolute Gasteiger partial charge is 0.382 e. The average Bonchev–Trinajstić information content (AvgIpc) is 2.91. The Kier molecular flexibility index (Phi) is 4.18. The summed E-state index contributed by atoms with van der Waals surface area (Å²) in [7, 11) is 0. The van der Waals surface area contributed by atoms with E-state index in [1.54, 1.807) is 11.0 Å². The Morgan fingerprint density at radius 1 is 1.19 bits per heavy atom. The highest BCUT2D eigenvalue weighted by atomic mass is 15.5. The van der Waals surface area contributed by atoms with Crippen LogP contribution in [0.1, 0.15) is 44.6 Å². The average molecular weight is 285 g/mol. The van der Waals surface area contributed by atoms with Gasteiger partial charge in [0, 0.05) is 11.7 Å². The topological polar surface area (TPSA) is 55.6 Å². The molecule has 1 N–H and O–H groups in total. The van der Waals surface area contributed by atoms with Crippen LogP contribution in [0.3, 0.4) is 0 Å². The molecule has 1 saturated carbocycles. The second kappa shape index (κ2) is 6.24. The van der Waals surface area contributed by atoms with Gasteiger partial charge in [-0.3, -0.25) is 0 Å². The van der Waals surface area contributed by atoms with Crippen molar-refractivity contribution in [3.8, 4) is 5.69 Å². The van der Waals surface area contributed by atoms with Gasteiger partial charge in [-0.25, -0.2) is 4.68 Å². The van der Waals surface area contributed by atoms with Gasteiger partial charge in [0.1, 0.15) is 6.33 Å². The van der Waals surface area contributed by atoms with E-state index in [9.17, 15) is 0 Å². The summed E-state index contributed by atoms with van der Waals surface area (Å²) in [5.74, 6) is 0.876. The van der Waals surface area contributed by atoms with Crippen LogP contribution < -0.4 is 5.32 Å². The Morgan fingerprint density at radius 3 is 2.86 bits per heavy atom. The maximum Gasteiger partial charge on any atom is 0.143 e. The molecule has 3 rings (SSSR count). The van der Waals surface area contributed by atoms with Gasteiger partial charge in [-0.15, -0.1) is 5.10 Å². The van der Waals surface area contributed by atoms with E-state index < -0.39 is 0 Å². The van der Waals surface area contributed by atoms with E-state index >= 15 is 0 Å². The monoisotopic (exact) mass is 285 g/mol. The van der Waals surface area contributed by atoms with Crippen LogP contribution in [0.25, 0.3) is 5.69 Å². The van der Waals surface area contributed by atoms with E-state index in [0.717, 1.165) is 11.6 Å². The quantitative estimate of drug-likeness (QED) is 0.879. The fourth-order valence-corrected chi connectivity index (χ4v) is 3.14. The van der Waals surface area contributed by atoms with Crippen molar-refractivity contribution in [2.24, 2.45) is 5.92 Å². The van der Waals surface area contributed by atoms with Crippen LogP contribution in [0.2, 0.25) is 0 Å². The Hall–Kier alpha value is -1.91. The minimum Gasteiger partial charge on any atom is -0.382 e. The first-order valence-electron chi connectivity index (χ1n) is 7.83. The van der Waals surface area contributed by atoms with Crippen LogP contribution in [-0.2, 0) is 0 Å². The zero-order valence-electron chi connectivity index (χ0n) is 12.8. The van der Waals surface area contributed by atoms with Crippen LogP contribution >= 0.6 is 0 Å². The number of aromatic nitrogens is 4. The van der Waals surface area contributed by atoms with Crippen molar-refractivity contribution in [2.75, 3.05) is 5.32 Å². The molecule has 1 aromatic heterocycles. The molecule has 0 spiro atoms. The first kappa shape index (κ1) is 14.0. The maximum atomic E-state index is 3.95. The predicted molar refractivity (Wildman–Crippen MR) is 83.6 cm³/mol. The van der Waals surface area contributed by atoms with Gasteiger partial charge in [-0.05, 0) is 66.3 Å². The zero-order valence-corrected chi connectivity index (χ0v) is 12.8. The predicted octanol–water partition coefficient (Wildman–Crippen LogP) is 3.35. The van der Waals surface area contributed by atoms with Crippen LogP contribution in [0.4, 0.5) is 5.69 Å². The normalized spacial score (nSPS) is 22.8. The van der Waals surface area contributed by atoms with E-state index in [1.807, 2.05) is 0 Å². The Bertz CT molecular complexity index is 578. The molecule has 0 saturated heterocycles. The van der Waals surface area contributed by atoms with Crippen LogP contribution in [0.15, 0.2) is 24.5 Å². The summed E-state index contributed by atoms with van der Waals surface area (Å²) in [6.07, 6.45) is 8.21. The number of hydrogen-bond acceptors (Lipinski definition) is 4. The highest BCUT2D eigenvalue weighted by Crippen LogP contribution is 2.26. The molecule has 112 valence electrons. The highest BCUT2D eigenvalue weighted by Gasteiger charge is 2.16. The smallest absolute Gasteiger partial charge is 0.143 e. The van der Waals surface area contributed by atoms with Gasteiger partial charge in [0.15, 0.2) is 0 Å². The minimum atomic E-state index is 0.605. The van der Waals surface area contributed by atoms with Crippen LogP contribution in [0.5, 0.6) is 0 Å². The number of benzene rings is 1. The molecule has 2 unspecified atom stereocenters. The van der Waals surface area contributed by atoms with Crippen molar-refractivity contribution in [1.82, 2.24) is 20.2 Å². The third-order valence-corrected chi connectivity index (χ3v) is 4.42. The number of aryl methyl sites for hydroxylation is 1. The fraction of sp³-hybridized carbons (Fsp3) is 0.562. The molecule has 0 aliphatic heterocycles. The number of hydrogen-bond donors (Lipinski definition) is 1. The van der Waals surface area contributed by atoms with E-state index in [4.69, 9.17) is 0 Å². The lowest BCUT2D eigenvalue weighted by atomic mass is 10.0. The highest BCUT2D eigenvalue weighted by molar-refractivity contribution is 5.53. The zero-order chi connectivity index (χ0) is 14.7. The molecule has 5 nitrogen and oxygen atoms in total. The Balaban J connectivity index is 1.70. The molecule has 0 bridgehead atoms. The maximum absolute atomic E-state index is 3.95. The fourth-order valence-electron chi connectivity index (χ4n) is 3.14. The Morgan fingerprint density at radius 2 is 2.10 bits per heavy atom. The standard InChI is InChI=1S/C16H23N5/c1-12-4-3-5-14(7-6-12)18-15-8-9-16(13(2)10-15)21-11-17-19-20-21/h8-12,14,18H,3-7H2,1-2H3. The minimum absolute atomic E-state index is 0.605. The van der Waals surface area contributed by atoms with Gasteiger partial charge in [0.25, 0.3) is 0 Å². The lowest BCUT2D eigenvalue weighted by molar-refractivity contribution is 0.502. The summed E-state index contributed by atoms with van der Waals surface area (Å²) in [6.45, 7) is 4.46. The molecule has 0 amide bonds. The molecule has 21 heavy (non-hydrogen) atoms. The van der Waals surface area contributed by atoms with Gasteiger partial charge in [0.2, 0.25) is 0 Å². The number of nitrogens with zero attached hydrogens (tertiary/aromatic N) is 4. The first-order chi connectivity index (χ1) is 10.2. The lowest BCUT2D eigenvalue weighted by Crippen LogP contribution is -2.18. The van der Waals surface area contributed by atoms with E-state index in [0.29, 0.717) is 6.04 Å². The van der Waals surface area contributed by atoms with Crippen molar-refractivity contribution >= 4 is 5.69 Å². The van der Waals surface area contributed by atoms with Crippen molar-refractivity contribution in [3.05, 3.63) is 30.1 Å². The molecule has 1 aliphatic carbocycles. The van der Waals surface area contributed by atoms with Gasteiger partial charge in [-0.1, -0.05) is 19.8 Å². The second-order valence-corrected chi connectivity index (χ2v) is 6.21. The van der Waals surface area contributed by atoms with Crippen molar-refractivity contribution < 1.29 is 0 Å². The van der Waals surface area contributed by atoms with Gasteiger partial charge < -0.3 is 5.32 Å². The molecule has 2 atom stereocenters. The molecular weight excluding hydrogens is 262 g/mol. The third kappa shape index (κ3) is 3.40. The summed E-state index contributed by atoms with van der Waals surface area (Å²) in [5.41, 5.74) is 3.40. The molecule has 1 fully saturated rings. The number of tetrazole rings is 1. The SMILES string of the molecule is Cc1cc(NC2CCCC(C)CC2)ccc1-n1cnnn1. The van der Waals surface area contributed by atoms with Crippen molar-refractivity contribution in [1.29, 1.82) is 0 Å². The lowest BCUT2D eigenvalue weighted by Gasteiger charge is -2.19. The van der Waals surface area contributed by atoms with Gasteiger partial charge >= 0.3 is 0 Å². The number of anilines is 1. The third-order valence-electron chi connectivity index (χ3n) is 4.42. The van der Waals surface area contributed by atoms with Gasteiger partial charge in [-0.2, -0.15) is 0 Å². The summed E-state index contributed by atoms with van der Waals surface area (Å²) in [5, 5.41) is 15.0. The second-order valence-electron chi connectivity index (χ2n) is 6.21. The Labute approximate surface area is 125 Å². The molecule has 0 radical (unpaired) electrons. The van der Waals surface area contributed by atoms with Crippen molar-refractivity contribution in [2.45, 2.75) is 52.0 Å². The van der Waals surface area contributed by atoms with Gasteiger partial charge in [0.05, 0.1) is 5.69 Å². The molecule has 2 aromatic rings. The summed E-state index contributed by atoms with van der Waals surface area (Å²) in [4.78, 5) is 0. The summed E-state index contributed by atoms with van der Waals surface area (Å²) >= 11 is 0. The molecular formula is C16H23N5. The van der Waals surface area contributed by atoms with E-state index in [1.165, 1.54) is 43.4 Å². The summed E-state index contributed by atoms with van der Waals surface area (Å²) in [6, 6.07) is 6.99. The van der Waals surface area contributed by atoms with Crippen LogP contribution in [-0.4, -0.2) is 26.2 Å².